The first-order chi connectivity index (χ1) is 9.54. The lowest BCUT2D eigenvalue weighted by atomic mass is 9.98. The van der Waals surface area contributed by atoms with E-state index in [1.807, 2.05) is 31.2 Å². The zero-order valence-corrected chi connectivity index (χ0v) is 11.9. The molecule has 106 valence electrons. The molecule has 0 bridgehead atoms. The van der Waals surface area contributed by atoms with E-state index in [0.717, 1.165) is 12.0 Å². The fourth-order valence-electron chi connectivity index (χ4n) is 2.12. The Bertz CT molecular complexity index is 611. The minimum Gasteiger partial charge on any atom is -0.366 e. The van der Waals surface area contributed by atoms with Crippen molar-refractivity contribution < 1.29 is 4.79 Å². The van der Waals surface area contributed by atoms with E-state index >= 15 is 0 Å². The Kier molecular flexibility index (Phi) is 4.42. The first kappa shape index (κ1) is 14.6. The van der Waals surface area contributed by atoms with Crippen LogP contribution in [0.5, 0.6) is 0 Å². The molecule has 0 aliphatic heterocycles. The Morgan fingerprint density at radius 2 is 2.15 bits per heavy atom. The predicted octanol–water partition coefficient (Wildman–Crippen LogP) is 1.96. The Labute approximate surface area is 122 Å². The van der Waals surface area contributed by atoms with Crippen LogP contribution in [0.2, 0.25) is 5.02 Å². The number of halogens is 1. The second-order valence-electron chi connectivity index (χ2n) is 4.61. The van der Waals surface area contributed by atoms with E-state index in [-0.39, 0.29) is 12.1 Å². The molecular weight excluding hydrogens is 276 g/mol. The highest BCUT2D eigenvalue weighted by molar-refractivity contribution is 6.31. The molecule has 0 saturated carbocycles. The van der Waals surface area contributed by atoms with Crippen molar-refractivity contribution in [1.82, 2.24) is 9.78 Å². The van der Waals surface area contributed by atoms with Gasteiger partial charge in [0.25, 0.3) is 5.91 Å². The fraction of sp³-hybridized carbons (Fsp3) is 0.286. The molecule has 1 aromatic heterocycles. The lowest BCUT2D eigenvalue weighted by Crippen LogP contribution is -2.33. The Hall–Kier alpha value is -1.85. The van der Waals surface area contributed by atoms with Crippen molar-refractivity contribution in [2.45, 2.75) is 25.4 Å². The zero-order valence-electron chi connectivity index (χ0n) is 11.2. The summed E-state index contributed by atoms with van der Waals surface area (Å²) in [5, 5.41) is 4.82. The summed E-state index contributed by atoms with van der Waals surface area (Å²) in [4.78, 5) is 11.2. The number of hydrogen-bond donors (Lipinski definition) is 2. The molecule has 5 nitrogen and oxygen atoms in total. The summed E-state index contributed by atoms with van der Waals surface area (Å²) in [5.74, 6) is -0.515. The third-order valence-electron chi connectivity index (χ3n) is 3.27. The number of benzene rings is 1. The van der Waals surface area contributed by atoms with Gasteiger partial charge in [0.1, 0.15) is 0 Å². The summed E-state index contributed by atoms with van der Waals surface area (Å²) in [6, 6.07) is 7.07. The van der Waals surface area contributed by atoms with E-state index in [2.05, 4.69) is 5.10 Å². The Morgan fingerprint density at radius 1 is 1.45 bits per heavy atom. The quantitative estimate of drug-likeness (QED) is 0.883. The highest BCUT2D eigenvalue weighted by Crippen LogP contribution is 2.28. The molecule has 0 radical (unpaired) electrons. The minimum absolute atomic E-state index is 0.171. The maximum Gasteiger partial charge on any atom is 0.251 e. The highest BCUT2D eigenvalue weighted by atomic mass is 35.5. The molecule has 6 heteroatoms. The number of carbonyl (C=O) groups excluding carboxylic acids is 1. The molecular formula is C14H17ClN4O. The number of nitrogens with zero attached hydrogens (tertiary/aromatic N) is 2. The van der Waals surface area contributed by atoms with E-state index in [1.54, 1.807) is 10.9 Å². The van der Waals surface area contributed by atoms with Gasteiger partial charge < -0.3 is 11.5 Å². The molecule has 2 unspecified atom stereocenters. The van der Waals surface area contributed by atoms with Crippen LogP contribution in [0.4, 0.5) is 0 Å². The Balaban J connectivity index is 2.47. The molecule has 0 aliphatic carbocycles. The standard InChI is InChI=1S/C14H17ClN4O/c1-2-12(16)13(10-5-3-4-6-11(10)15)19-8-9(7-18-19)14(17)20/h3-8,12-13H,2,16H2,1H3,(H2,17,20). The number of primary amides is 1. The molecule has 20 heavy (non-hydrogen) atoms. The summed E-state index contributed by atoms with van der Waals surface area (Å²) in [5.41, 5.74) is 12.7. The van der Waals surface area contributed by atoms with Gasteiger partial charge in [-0.25, -0.2) is 0 Å². The molecule has 0 aliphatic rings. The van der Waals surface area contributed by atoms with Crippen molar-refractivity contribution in [2.75, 3.05) is 0 Å². The first-order valence-electron chi connectivity index (χ1n) is 6.38. The average Bonchev–Trinajstić information content (AvgIpc) is 2.90. The van der Waals surface area contributed by atoms with Gasteiger partial charge >= 0.3 is 0 Å². The third kappa shape index (κ3) is 2.84. The molecule has 2 aromatic rings. The second kappa shape index (κ2) is 6.07. The molecule has 2 rings (SSSR count). The van der Waals surface area contributed by atoms with Crippen LogP contribution in [0.3, 0.4) is 0 Å². The van der Waals surface area contributed by atoms with Gasteiger partial charge in [0.2, 0.25) is 0 Å². The number of hydrogen-bond acceptors (Lipinski definition) is 3. The van der Waals surface area contributed by atoms with Crippen molar-refractivity contribution >= 4 is 17.5 Å². The molecule has 1 heterocycles. The topological polar surface area (TPSA) is 86.9 Å². The highest BCUT2D eigenvalue weighted by Gasteiger charge is 2.24. The molecule has 0 fully saturated rings. The van der Waals surface area contributed by atoms with Crippen molar-refractivity contribution in [1.29, 1.82) is 0 Å². The SMILES string of the molecule is CCC(N)C(c1ccccc1Cl)n1cc(C(N)=O)cn1. The predicted molar refractivity (Wildman–Crippen MR) is 78.6 cm³/mol. The van der Waals surface area contributed by atoms with Gasteiger partial charge in [-0.1, -0.05) is 36.7 Å². The van der Waals surface area contributed by atoms with Crippen LogP contribution in [-0.2, 0) is 0 Å². The fourth-order valence-corrected chi connectivity index (χ4v) is 2.37. The summed E-state index contributed by atoms with van der Waals surface area (Å²) >= 11 is 6.25. The van der Waals surface area contributed by atoms with Gasteiger partial charge in [0, 0.05) is 17.3 Å². The van der Waals surface area contributed by atoms with Gasteiger partial charge in [-0.15, -0.1) is 0 Å². The summed E-state index contributed by atoms with van der Waals surface area (Å²) in [6.07, 6.45) is 3.79. The van der Waals surface area contributed by atoms with Crippen LogP contribution in [0.25, 0.3) is 0 Å². The van der Waals surface area contributed by atoms with Gasteiger partial charge in [-0.05, 0) is 18.1 Å². The number of amides is 1. The van der Waals surface area contributed by atoms with Crippen LogP contribution >= 0.6 is 11.6 Å². The van der Waals surface area contributed by atoms with Gasteiger partial charge in [0.05, 0.1) is 17.8 Å². The second-order valence-corrected chi connectivity index (χ2v) is 5.02. The summed E-state index contributed by atoms with van der Waals surface area (Å²) in [7, 11) is 0. The van der Waals surface area contributed by atoms with Crippen LogP contribution in [0, 0.1) is 0 Å². The molecule has 0 spiro atoms. The van der Waals surface area contributed by atoms with Gasteiger partial charge in [0.15, 0.2) is 0 Å². The van der Waals surface area contributed by atoms with Crippen molar-refractivity contribution in [3.8, 4) is 0 Å². The van der Waals surface area contributed by atoms with Crippen LogP contribution in [-0.4, -0.2) is 21.7 Å². The largest absolute Gasteiger partial charge is 0.366 e. The van der Waals surface area contributed by atoms with E-state index in [4.69, 9.17) is 23.1 Å². The van der Waals surface area contributed by atoms with Gasteiger partial charge in [-0.2, -0.15) is 5.10 Å². The molecule has 1 amide bonds. The van der Waals surface area contributed by atoms with Crippen molar-refractivity contribution in [3.05, 3.63) is 52.8 Å². The molecule has 4 N–H and O–H groups in total. The summed E-state index contributed by atoms with van der Waals surface area (Å²) in [6.45, 7) is 1.99. The van der Waals surface area contributed by atoms with Gasteiger partial charge in [-0.3, -0.25) is 9.48 Å². The van der Waals surface area contributed by atoms with E-state index in [0.29, 0.717) is 10.6 Å². The molecule has 1 aromatic carbocycles. The average molecular weight is 293 g/mol. The Morgan fingerprint density at radius 3 is 2.70 bits per heavy atom. The minimum atomic E-state index is -0.515. The van der Waals surface area contributed by atoms with E-state index in [9.17, 15) is 4.79 Å². The zero-order chi connectivity index (χ0) is 14.7. The third-order valence-corrected chi connectivity index (χ3v) is 3.62. The molecule has 0 saturated heterocycles. The van der Waals surface area contributed by atoms with Crippen LogP contribution < -0.4 is 11.5 Å². The van der Waals surface area contributed by atoms with Crippen molar-refractivity contribution in [3.63, 3.8) is 0 Å². The van der Waals surface area contributed by atoms with Crippen LogP contribution in [0.1, 0.15) is 35.3 Å². The lowest BCUT2D eigenvalue weighted by molar-refractivity contribution is 0.1000. The molecule has 2 atom stereocenters. The van der Waals surface area contributed by atoms with E-state index < -0.39 is 5.91 Å². The maximum atomic E-state index is 11.2. The number of aromatic nitrogens is 2. The normalized spacial score (nSPS) is 13.9. The number of rotatable bonds is 5. The smallest absolute Gasteiger partial charge is 0.251 e. The van der Waals surface area contributed by atoms with Crippen LogP contribution in [0.15, 0.2) is 36.7 Å². The lowest BCUT2D eigenvalue weighted by Gasteiger charge is -2.24. The summed E-state index contributed by atoms with van der Waals surface area (Å²) < 4.78 is 1.65. The van der Waals surface area contributed by atoms with E-state index in [1.165, 1.54) is 6.20 Å². The van der Waals surface area contributed by atoms with Crippen molar-refractivity contribution in [2.24, 2.45) is 11.5 Å². The maximum absolute atomic E-state index is 11.2. The first-order valence-corrected chi connectivity index (χ1v) is 6.76. The monoisotopic (exact) mass is 292 g/mol. The number of nitrogens with two attached hydrogens (primary N) is 2. The number of carbonyl (C=O) groups is 1.